The normalized spacial score (nSPS) is 18.5. The van der Waals surface area contributed by atoms with Crippen molar-refractivity contribution in [3.8, 4) is 0 Å². The minimum atomic E-state index is -0.281. The number of amides is 1. The van der Waals surface area contributed by atoms with Crippen molar-refractivity contribution in [3.05, 3.63) is 88.9 Å². The molecule has 2 aliphatic carbocycles. The summed E-state index contributed by atoms with van der Waals surface area (Å²) in [5, 5.41) is 3.03. The molecular formula is C32H37NO3. The van der Waals surface area contributed by atoms with Gasteiger partial charge in [0.25, 0.3) is 5.91 Å². The second kappa shape index (κ2) is 10.9. The molecule has 0 aliphatic heterocycles. The maximum Gasteiger partial charge on any atom is 0.291 e. The van der Waals surface area contributed by atoms with Gasteiger partial charge in [0.1, 0.15) is 0 Å². The van der Waals surface area contributed by atoms with Gasteiger partial charge in [-0.3, -0.25) is 9.59 Å². The first kappa shape index (κ1) is 24.5. The summed E-state index contributed by atoms with van der Waals surface area (Å²) >= 11 is 0. The van der Waals surface area contributed by atoms with Crippen molar-refractivity contribution >= 4 is 17.4 Å². The lowest BCUT2D eigenvalue weighted by Gasteiger charge is -2.22. The number of hydrogen-bond acceptors (Lipinski definition) is 3. The van der Waals surface area contributed by atoms with Crippen LogP contribution < -0.4 is 5.32 Å². The second-order valence-corrected chi connectivity index (χ2v) is 10.9. The molecule has 0 saturated heterocycles. The minimum Gasteiger partial charge on any atom is -0.459 e. The Morgan fingerprint density at radius 1 is 0.944 bits per heavy atom. The second-order valence-electron chi connectivity index (χ2n) is 10.9. The summed E-state index contributed by atoms with van der Waals surface area (Å²) in [7, 11) is 0. The largest absolute Gasteiger partial charge is 0.459 e. The minimum absolute atomic E-state index is 0.108. The molecule has 2 aliphatic rings. The molecule has 1 unspecified atom stereocenters. The maximum absolute atomic E-state index is 13.5. The number of rotatable bonds is 9. The van der Waals surface area contributed by atoms with E-state index >= 15 is 0 Å². The third-order valence-corrected chi connectivity index (χ3v) is 8.53. The molecule has 36 heavy (non-hydrogen) atoms. The Bertz CT molecular complexity index is 1200. The van der Waals surface area contributed by atoms with Crippen LogP contribution in [0, 0.1) is 18.3 Å². The Hall–Kier alpha value is -3.14. The molecule has 2 saturated carbocycles. The Kier molecular flexibility index (Phi) is 7.41. The summed E-state index contributed by atoms with van der Waals surface area (Å²) in [6.45, 7) is 2.16. The van der Waals surface area contributed by atoms with E-state index in [-0.39, 0.29) is 23.4 Å². The number of carbonyl (C=O) groups excluding carboxylic acids is 2. The van der Waals surface area contributed by atoms with Gasteiger partial charge >= 0.3 is 0 Å². The molecule has 2 aromatic carbocycles. The third-order valence-electron chi connectivity index (χ3n) is 8.53. The fraction of sp³-hybridized carbons (Fsp3) is 0.438. The molecule has 188 valence electrons. The average molecular weight is 484 g/mol. The topological polar surface area (TPSA) is 59.3 Å². The number of furan rings is 1. The van der Waals surface area contributed by atoms with Crippen molar-refractivity contribution in [2.24, 2.45) is 11.3 Å². The molecular weight excluding hydrogens is 446 g/mol. The van der Waals surface area contributed by atoms with Crippen LogP contribution in [-0.2, 0) is 12.8 Å². The number of ketones is 1. The van der Waals surface area contributed by atoms with Gasteiger partial charge in [0, 0.05) is 17.2 Å². The number of anilines is 1. The molecule has 1 spiro atoms. The SMILES string of the molecule is Cc1ccccc1CCCCc1ccc(C(=O)C2CCC3(CCCC3)C2)cc1NC(=O)c1ccco1. The Labute approximate surface area is 214 Å². The van der Waals surface area contributed by atoms with Crippen molar-refractivity contribution in [2.45, 2.75) is 77.6 Å². The molecule has 4 heteroatoms. The molecule has 5 rings (SSSR count). The van der Waals surface area contributed by atoms with Crippen LogP contribution in [0.15, 0.2) is 65.3 Å². The van der Waals surface area contributed by atoms with E-state index in [4.69, 9.17) is 4.42 Å². The quantitative estimate of drug-likeness (QED) is 0.248. The van der Waals surface area contributed by atoms with Crippen LogP contribution in [0.4, 0.5) is 5.69 Å². The van der Waals surface area contributed by atoms with Gasteiger partial charge in [-0.1, -0.05) is 49.2 Å². The fourth-order valence-corrected chi connectivity index (χ4v) is 6.42. The van der Waals surface area contributed by atoms with Gasteiger partial charge in [-0.05, 0) is 105 Å². The lowest BCUT2D eigenvalue weighted by Crippen LogP contribution is -2.17. The van der Waals surface area contributed by atoms with Gasteiger partial charge in [0.05, 0.1) is 6.26 Å². The van der Waals surface area contributed by atoms with Crippen molar-refractivity contribution in [3.63, 3.8) is 0 Å². The van der Waals surface area contributed by atoms with E-state index < -0.39 is 0 Å². The highest BCUT2D eigenvalue weighted by molar-refractivity contribution is 6.04. The molecule has 1 N–H and O–H groups in total. The van der Waals surface area contributed by atoms with Crippen molar-refractivity contribution in [2.75, 3.05) is 5.32 Å². The Morgan fingerprint density at radius 2 is 1.72 bits per heavy atom. The molecule has 0 radical (unpaired) electrons. The molecule has 1 amide bonds. The van der Waals surface area contributed by atoms with Crippen LogP contribution in [-0.4, -0.2) is 11.7 Å². The van der Waals surface area contributed by atoms with Crippen molar-refractivity contribution < 1.29 is 14.0 Å². The van der Waals surface area contributed by atoms with Gasteiger partial charge in [-0.25, -0.2) is 0 Å². The lowest BCUT2D eigenvalue weighted by atomic mass is 9.82. The molecule has 1 atom stereocenters. The number of unbranched alkanes of at least 4 members (excludes halogenated alkanes) is 1. The summed E-state index contributed by atoms with van der Waals surface area (Å²) in [4.78, 5) is 26.3. The molecule has 1 heterocycles. The van der Waals surface area contributed by atoms with E-state index in [0.29, 0.717) is 11.0 Å². The lowest BCUT2D eigenvalue weighted by molar-refractivity contribution is 0.0911. The van der Waals surface area contributed by atoms with Gasteiger partial charge in [-0.2, -0.15) is 0 Å². The highest BCUT2D eigenvalue weighted by atomic mass is 16.3. The third kappa shape index (κ3) is 5.48. The standard InChI is InChI=1S/C32H37NO3/c1-23-9-2-3-10-24(23)11-4-5-12-25-14-15-26(21-28(25)33-31(35)29-13-8-20-36-29)30(34)27-16-19-32(22-27)17-6-7-18-32/h2-3,8-10,13-15,20-21,27H,4-7,11-12,16-19,22H2,1H3,(H,33,35). The zero-order chi connectivity index (χ0) is 25.0. The summed E-state index contributed by atoms with van der Waals surface area (Å²) in [5.41, 5.74) is 5.64. The Balaban J connectivity index is 1.29. The van der Waals surface area contributed by atoms with Crippen molar-refractivity contribution in [1.82, 2.24) is 0 Å². The van der Waals surface area contributed by atoms with Crippen molar-refractivity contribution in [1.29, 1.82) is 0 Å². The molecule has 0 bridgehead atoms. The smallest absolute Gasteiger partial charge is 0.291 e. The van der Waals surface area contributed by atoms with Crippen LogP contribution in [0.2, 0.25) is 0 Å². The number of benzene rings is 2. The van der Waals surface area contributed by atoms with Crippen LogP contribution in [0.1, 0.15) is 95.4 Å². The molecule has 2 fully saturated rings. The van der Waals surface area contributed by atoms with E-state index in [9.17, 15) is 9.59 Å². The maximum atomic E-state index is 13.5. The molecule has 4 nitrogen and oxygen atoms in total. The van der Waals surface area contributed by atoms with Crippen LogP contribution in [0.5, 0.6) is 0 Å². The number of carbonyl (C=O) groups is 2. The fourth-order valence-electron chi connectivity index (χ4n) is 6.42. The van der Waals surface area contributed by atoms with E-state index in [1.165, 1.54) is 49.5 Å². The zero-order valence-electron chi connectivity index (χ0n) is 21.4. The number of hydrogen-bond donors (Lipinski definition) is 1. The summed E-state index contributed by atoms with van der Waals surface area (Å²) < 4.78 is 5.30. The van der Waals surface area contributed by atoms with E-state index in [2.05, 4.69) is 36.5 Å². The number of aryl methyl sites for hydroxylation is 3. The van der Waals surface area contributed by atoms with Gasteiger partial charge in [0.2, 0.25) is 0 Å². The predicted octanol–water partition coefficient (Wildman–Crippen LogP) is 7.95. The van der Waals surface area contributed by atoms with Gasteiger partial charge in [-0.15, -0.1) is 0 Å². The van der Waals surface area contributed by atoms with Crippen LogP contribution in [0.25, 0.3) is 0 Å². The predicted molar refractivity (Wildman–Crippen MR) is 143 cm³/mol. The van der Waals surface area contributed by atoms with E-state index in [1.54, 1.807) is 12.1 Å². The summed E-state index contributed by atoms with van der Waals surface area (Å²) in [6.07, 6.45) is 13.9. The first-order chi connectivity index (χ1) is 17.5. The molecule has 3 aromatic rings. The molecule has 1 aromatic heterocycles. The van der Waals surface area contributed by atoms with Gasteiger partial charge in [0.15, 0.2) is 11.5 Å². The first-order valence-electron chi connectivity index (χ1n) is 13.6. The number of Topliss-reactive ketones (excluding diaryl/α,β-unsaturated/α-hetero) is 1. The van der Waals surface area contributed by atoms with Crippen LogP contribution in [0.3, 0.4) is 0 Å². The average Bonchev–Trinajstić information content (AvgIpc) is 3.67. The Morgan fingerprint density at radius 3 is 2.47 bits per heavy atom. The highest BCUT2D eigenvalue weighted by Crippen LogP contribution is 2.53. The van der Waals surface area contributed by atoms with Crippen LogP contribution >= 0.6 is 0 Å². The highest BCUT2D eigenvalue weighted by Gasteiger charge is 2.43. The first-order valence-corrected chi connectivity index (χ1v) is 13.6. The van der Waals surface area contributed by atoms with Gasteiger partial charge < -0.3 is 9.73 Å². The number of nitrogens with one attached hydrogen (secondary N) is 1. The summed E-state index contributed by atoms with van der Waals surface area (Å²) in [6, 6.07) is 17.8. The monoisotopic (exact) mass is 483 g/mol. The van der Waals surface area contributed by atoms with E-state index in [1.807, 2.05) is 18.2 Å². The zero-order valence-corrected chi connectivity index (χ0v) is 21.4. The van der Waals surface area contributed by atoms with E-state index in [0.717, 1.165) is 49.8 Å². The summed E-state index contributed by atoms with van der Waals surface area (Å²) in [5.74, 6) is 0.336.